The number of fused-ring (bicyclic) bond motifs is 2. The van der Waals surface area contributed by atoms with Gasteiger partial charge in [0.05, 0.1) is 6.04 Å². The molecule has 2 amide bonds. The van der Waals surface area contributed by atoms with Crippen LogP contribution in [0.2, 0.25) is 0 Å². The van der Waals surface area contributed by atoms with Crippen LogP contribution < -0.4 is 14.8 Å². The first-order valence-electron chi connectivity index (χ1n) is 8.83. The van der Waals surface area contributed by atoms with Gasteiger partial charge in [0.2, 0.25) is 0 Å². The van der Waals surface area contributed by atoms with Crippen molar-refractivity contribution in [1.29, 1.82) is 0 Å². The number of nitrogens with one attached hydrogen (secondary N) is 1. The lowest BCUT2D eigenvalue weighted by atomic mass is 9.93. The van der Waals surface area contributed by atoms with Gasteiger partial charge in [-0.25, -0.2) is 4.39 Å². The molecule has 2 aliphatic rings. The molecule has 1 atom stereocenters. The molecule has 2 heterocycles. The zero-order chi connectivity index (χ0) is 19.0. The first kappa shape index (κ1) is 17.3. The Morgan fingerprint density at radius 3 is 2.70 bits per heavy atom. The van der Waals surface area contributed by atoms with Crippen LogP contribution in [0.4, 0.5) is 10.1 Å². The summed E-state index contributed by atoms with van der Waals surface area (Å²) in [6.45, 7) is 3.13. The van der Waals surface area contributed by atoms with Crippen LogP contribution in [-0.2, 0) is 16.0 Å². The van der Waals surface area contributed by atoms with E-state index in [4.69, 9.17) is 9.47 Å². The van der Waals surface area contributed by atoms with Gasteiger partial charge in [-0.1, -0.05) is 6.07 Å². The van der Waals surface area contributed by atoms with E-state index in [2.05, 4.69) is 5.32 Å². The van der Waals surface area contributed by atoms with Crippen LogP contribution in [0.25, 0.3) is 0 Å². The summed E-state index contributed by atoms with van der Waals surface area (Å²) < 4.78 is 24.3. The molecule has 4 rings (SSSR count). The Hall–Kier alpha value is -3.09. The molecule has 2 aromatic carbocycles. The van der Waals surface area contributed by atoms with Crippen molar-refractivity contribution in [3.63, 3.8) is 0 Å². The predicted molar refractivity (Wildman–Crippen MR) is 96.3 cm³/mol. The number of rotatable bonds is 1. The van der Waals surface area contributed by atoms with Crippen LogP contribution in [-0.4, -0.2) is 36.5 Å². The molecule has 1 N–H and O–H groups in total. The maximum atomic E-state index is 13.4. The topological polar surface area (TPSA) is 67.9 Å². The average molecular weight is 370 g/mol. The van der Waals surface area contributed by atoms with E-state index in [1.165, 1.54) is 17.0 Å². The number of carbonyl (C=O) groups is 2. The molecule has 0 unspecified atom stereocenters. The quantitative estimate of drug-likeness (QED) is 0.784. The molecule has 0 radical (unpaired) electrons. The van der Waals surface area contributed by atoms with Gasteiger partial charge in [-0.15, -0.1) is 0 Å². The fraction of sp³-hybridized carbons (Fsp3) is 0.300. The highest BCUT2D eigenvalue weighted by molar-refractivity contribution is 6.39. The van der Waals surface area contributed by atoms with Gasteiger partial charge in [-0.2, -0.15) is 0 Å². The maximum Gasteiger partial charge on any atom is 0.313 e. The van der Waals surface area contributed by atoms with Crippen molar-refractivity contribution in [3.8, 4) is 11.5 Å². The number of nitrogens with zero attached hydrogens (tertiary/aromatic N) is 1. The standard InChI is InChI=1S/C20H19FN2O4/c1-12-16-4-2-14(21)10-13(16)6-7-23(12)20(25)19(24)22-15-3-5-17-18(11-15)27-9-8-26-17/h2-5,10-12H,6-9H2,1H3,(H,22,24)/t12-/m1/s1. The second-order valence-corrected chi connectivity index (χ2v) is 6.58. The van der Waals surface area contributed by atoms with Crippen molar-refractivity contribution in [2.45, 2.75) is 19.4 Å². The average Bonchev–Trinajstić information content (AvgIpc) is 2.67. The Morgan fingerprint density at radius 2 is 1.89 bits per heavy atom. The van der Waals surface area contributed by atoms with E-state index in [9.17, 15) is 14.0 Å². The second kappa shape index (κ2) is 6.90. The summed E-state index contributed by atoms with van der Waals surface area (Å²) in [5.41, 5.74) is 2.20. The Bertz CT molecular complexity index is 915. The van der Waals surface area contributed by atoms with Gasteiger partial charge in [0.1, 0.15) is 19.0 Å². The molecule has 0 aromatic heterocycles. The fourth-order valence-electron chi connectivity index (χ4n) is 3.51. The van der Waals surface area contributed by atoms with Crippen LogP contribution >= 0.6 is 0 Å². The number of ether oxygens (including phenoxy) is 2. The molecular weight excluding hydrogens is 351 g/mol. The third-order valence-corrected chi connectivity index (χ3v) is 4.90. The minimum absolute atomic E-state index is 0.294. The Kier molecular flexibility index (Phi) is 4.43. The summed E-state index contributed by atoms with van der Waals surface area (Å²) in [4.78, 5) is 26.6. The summed E-state index contributed by atoms with van der Waals surface area (Å²) in [5, 5.41) is 2.62. The molecule has 0 saturated heterocycles. The fourth-order valence-corrected chi connectivity index (χ4v) is 3.51. The van der Waals surface area contributed by atoms with Crippen molar-refractivity contribution in [2.75, 3.05) is 25.1 Å². The van der Waals surface area contributed by atoms with E-state index < -0.39 is 11.8 Å². The van der Waals surface area contributed by atoms with Gasteiger partial charge in [0.25, 0.3) is 0 Å². The van der Waals surface area contributed by atoms with Gasteiger partial charge >= 0.3 is 11.8 Å². The molecule has 140 valence electrons. The summed E-state index contributed by atoms with van der Waals surface area (Å²) in [5.74, 6) is -0.485. The predicted octanol–water partition coefficient (Wildman–Crippen LogP) is 2.68. The molecule has 0 aliphatic carbocycles. The lowest BCUT2D eigenvalue weighted by Crippen LogP contribution is -2.44. The van der Waals surface area contributed by atoms with E-state index in [-0.39, 0.29) is 11.9 Å². The van der Waals surface area contributed by atoms with Gasteiger partial charge in [0.15, 0.2) is 11.5 Å². The lowest BCUT2D eigenvalue weighted by Gasteiger charge is -2.34. The molecular formula is C20H19FN2O4. The van der Waals surface area contributed by atoms with Crippen LogP contribution in [0.3, 0.4) is 0 Å². The van der Waals surface area contributed by atoms with E-state index in [0.29, 0.717) is 43.4 Å². The Labute approximate surface area is 155 Å². The molecule has 0 spiro atoms. The van der Waals surface area contributed by atoms with Gasteiger partial charge in [0, 0.05) is 18.3 Å². The first-order valence-corrected chi connectivity index (χ1v) is 8.83. The molecule has 27 heavy (non-hydrogen) atoms. The summed E-state index contributed by atoms with van der Waals surface area (Å²) in [7, 11) is 0. The van der Waals surface area contributed by atoms with Crippen molar-refractivity contribution in [1.82, 2.24) is 4.90 Å². The first-order chi connectivity index (χ1) is 13.0. The lowest BCUT2D eigenvalue weighted by molar-refractivity contribution is -0.145. The maximum absolute atomic E-state index is 13.4. The molecule has 7 heteroatoms. The number of benzene rings is 2. The number of anilines is 1. The van der Waals surface area contributed by atoms with E-state index in [1.54, 1.807) is 24.3 Å². The molecule has 0 saturated carbocycles. The van der Waals surface area contributed by atoms with Crippen molar-refractivity contribution < 1.29 is 23.5 Å². The largest absolute Gasteiger partial charge is 0.486 e. The highest BCUT2D eigenvalue weighted by Crippen LogP contribution is 2.33. The highest BCUT2D eigenvalue weighted by atomic mass is 19.1. The van der Waals surface area contributed by atoms with Crippen molar-refractivity contribution >= 4 is 17.5 Å². The molecule has 2 aromatic rings. The number of hydrogen-bond donors (Lipinski definition) is 1. The van der Waals surface area contributed by atoms with Crippen molar-refractivity contribution in [2.24, 2.45) is 0 Å². The normalized spacial score (nSPS) is 17.9. The minimum Gasteiger partial charge on any atom is -0.486 e. The number of hydrogen-bond acceptors (Lipinski definition) is 4. The summed E-state index contributed by atoms with van der Waals surface area (Å²) in [6, 6.07) is 9.24. The molecule has 0 bridgehead atoms. The van der Waals surface area contributed by atoms with Crippen LogP contribution in [0.1, 0.15) is 24.1 Å². The third kappa shape index (κ3) is 3.32. The zero-order valence-electron chi connectivity index (χ0n) is 14.8. The van der Waals surface area contributed by atoms with Crippen LogP contribution in [0.5, 0.6) is 11.5 Å². The van der Waals surface area contributed by atoms with Gasteiger partial charge < -0.3 is 19.7 Å². The molecule has 6 nitrogen and oxygen atoms in total. The molecule has 0 fully saturated rings. The van der Waals surface area contributed by atoms with E-state index in [1.807, 2.05) is 6.92 Å². The van der Waals surface area contributed by atoms with Crippen LogP contribution in [0, 0.1) is 5.82 Å². The van der Waals surface area contributed by atoms with Gasteiger partial charge in [-0.05, 0) is 48.7 Å². The number of amides is 2. The smallest absolute Gasteiger partial charge is 0.313 e. The summed E-state index contributed by atoms with van der Waals surface area (Å²) in [6.07, 6.45) is 0.514. The Balaban J connectivity index is 1.48. The van der Waals surface area contributed by atoms with Gasteiger partial charge in [-0.3, -0.25) is 9.59 Å². The summed E-state index contributed by atoms with van der Waals surface area (Å²) >= 11 is 0. The van der Waals surface area contributed by atoms with Crippen LogP contribution in [0.15, 0.2) is 36.4 Å². The number of halogens is 1. The monoisotopic (exact) mass is 370 g/mol. The zero-order valence-corrected chi connectivity index (χ0v) is 14.8. The minimum atomic E-state index is -0.718. The molecule has 2 aliphatic heterocycles. The number of carbonyl (C=O) groups excluding carboxylic acids is 2. The van der Waals surface area contributed by atoms with E-state index in [0.717, 1.165) is 11.1 Å². The van der Waals surface area contributed by atoms with Crippen molar-refractivity contribution in [3.05, 3.63) is 53.3 Å². The SMILES string of the molecule is C[C@@H]1c2ccc(F)cc2CCN1C(=O)C(=O)Nc1ccc2c(c1)OCCO2. The highest BCUT2D eigenvalue weighted by Gasteiger charge is 2.31. The third-order valence-electron chi connectivity index (χ3n) is 4.90. The second-order valence-electron chi connectivity index (χ2n) is 6.58. The Morgan fingerprint density at radius 1 is 1.11 bits per heavy atom. The van der Waals surface area contributed by atoms with E-state index >= 15 is 0 Å².